The predicted molar refractivity (Wildman–Crippen MR) is 107 cm³/mol. The molecule has 0 aliphatic carbocycles. The SMILES string of the molecule is Brc1ccc(-c2cn3cc(-c4ccccc4)n4c3c2CCCC4)cc1. The highest BCUT2D eigenvalue weighted by molar-refractivity contribution is 9.10. The number of rotatable bonds is 2. The Morgan fingerprint density at radius 1 is 0.800 bits per heavy atom. The zero-order valence-corrected chi connectivity index (χ0v) is 15.5. The third-order valence-corrected chi connectivity index (χ3v) is 5.73. The third-order valence-electron chi connectivity index (χ3n) is 5.20. The van der Waals surface area contributed by atoms with Gasteiger partial charge < -0.3 is 8.97 Å². The second kappa shape index (κ2) is 5.92. The van der Waals surface area contributed by atoms with Gasteiger partial charge >= 0.3 is 0 Å². The molecule has 2 aromatic carbocycles. The lowest BCUT2D eigenvalue weighted by Gasteiger charge is -2.08. The van der Waals surface area contributed by atoms with Crippen molar-refractivity contribution < 1.29 is 0 Å². The van der Waals surface area contributed by atoms with E-state index >= 15 is 0 Å². The first-order valence-corrected chi connectivity index (χ1v) is 9.65. The quantitative estimate of drug-likeness (QED) is 0.386. The highest BCUT2D eigenvalue weighted by Gasteiger charge is 2.21. The maximum absolute atomic E-state index is 3.54. The van der Waals surface area contributed by atoms with Crippen molar-refractivity contribution in [2.75, 3.05) is 0 Å². The van der Waals surface area contributed by atoms with Crippen molar-refractivity contribution in [2.24, 2.45) is 0 Å². The first-order valence-electron chi connectivity index (χ1n) is 8.86. The van der Waals surface area contributed by atoms with Crippen LogP contribution in [0.1, 0.15) is 18.4 Å². The topological polar surface area (TPSA) is 9.34 Å². The summed E-state index contributed by atoms with van der Waals surface area (Å²) < 4.78 is 5.97. The number of hydrogen-bond acceptors (Lipinski definition) is 0. The van der Waals surface area contributed by atoms with Gasteiger partial charge in [-0.15, -0.1) is 0 Å². The minimum atomic E-state index is 1.09. The van der Waals surface area contributed by atoms with Crippen molar-refractivity contribution in [3.05, 3.63) is 77.0 Å². The maximum atomic E-state index is 3.54. The maximum Gasteiger partial charge on any atom is 0.121 e. The predicted octanol–water partition coefficient (Wildman–Crippen LogP) is 6.17. The van der Waals surface area contributed by atoms with E-state index in [0.29, 0.717) is 0 Å². The summed E-state index contributed by atoms with van der Waals surface area (Å²) in [7, 11) is 0. The van der Waals surface area contributed by atoms with Crippen LogP contribution >= 0.6 is 15.9 Å². The van der Waals surface area contributed by atoms with Crippen LogP contribution in [0, 0.1) is 0 Å². The largest absolute Gasteiger partial charge is 0.325 e. The normalized spacial score (nSPS) is 14.0. The summed E-state index contributed by atoms with van der Waals surface area (Å²) in [6, 6.07) is 19.4. The highest BCUT2D eigenvalue weighted by atomic mass is 79.9. The van der Waals surface area contributed by atoms with Gasteiger partial charge in [-0.3, -0.25) is 0 Å². The van der Waals surface area contributed by atoms with E-state index in [4.69, 9.17) is 0 Å². The first kappa shape index (κ1) is 15.0. The van der Waals surface area contributed by atoms with E-state index in [1.807, 2.05) is 0 Å². The van der Waals surface area contributed by atoms with Crippen molar-refractivity contribution in [2.45, 2.75) is 25.8 Å². The molecule has 1 aliphatic heterocycles. The minimum Gasteiger partial charge on any atom is -0.325 e. The molecule has 4 aromatic rings. The molecule has 1 aliphatic rings. The molecule has 5 rings (SSSR count). The van der Waals surface area contributed by atoms with Crippen molar-refractivity contribution in [1.82, 2.24) is 8.97 Å². The van der Waals surface area contributed by atoms with Crippen LogP contribution in [0.4, 0.5) is 0 Å². The molecule has 0 amide bonds. The highest BCUT2D eigenvalue weighted by Crippen LogP contribution is 2.36. The summed E-state index contributed by atoms with van der Waals surface area (Å²) in [6.45, 7) is 1.09. The van der Waals surface area contributed by atoms with Gasteiger partial charge in [0.2, 0.25) is 0 Å². The molecule has 3 heterocycles. The third kappa shape index (κ3) is 2.46. The molecule has 0 radical (unpaired) electrons. The summed E-state index contributed by atoms with van der Waals surface area (Å²) >= 11 is 3.54. The molecule has 25 heavy (non-hydrogen) atoms. The van der Waals surface area contributed by atoms with Gasteiger partial charge in [-0.1, -0.05) is 58.4 Å². The Bertz CT molecular complexity index is 1040. The Morgan fingerprint density at radius 2 is 1.60 bits per heavy atom. The van der Waals surface area contributed by atoms with Crippen LogP contribution in [0.5, 0.6) is 0 Å². The van der Waals surface area contributed by atoms with Crippen molar-refractivity contribution in [3.63, 3.8) is 0 Å². The summed E-state index contributed by atoms with van der Waals surface area (Å²) in [5, 5.41) is 0. The number of imidazole rings is 1. The van der Waals surface area contributed by atoms with E-state index in [9.17, 15) is 0 Å². The summed E-state index contributed by atoms with van der Waals surface area (Å²) in [5.41, 5.74) is 8.15. The molecule has 0 saturated heterocycles. The molecule has 0 bridgehead atoms. The van der Waals surface area contributed by atoms with E-state index < -0.39 is 0 Å². The van der Waals surface area contributed by atoms with Gasteiger partial charge in [0.25, 0.3) is 0 Å². The smallest absolute Gasteiger partial charge is 0.121 e. The zero-order chi connectivity index (χ0) is 16.8. The van der Waals surface area contributed by atoms with Gasteiger partial charge in [-0.25, -0.2) is 0 Å². The van der Waals surface area contributed by atoms with Gasteiger partial charge in [0, 0.05) is 34.5 Å². The number of halogens is 1. The van der Waals surface area contributed by atoms with Gasteiger partial charge in [0.05, 0.1) is 5.69 Å². The fourth-order valence-corrected chi connectivity index (χ4v) is 4.30. The number of benzene rings is 2. The number of nitrogens with zero attached hydrogens (tertiary/aromatic N) is 2. The molecule has 3 heteroatoms. The standard InChI is InChI=1S/C22H19BrN2/c23-18-11-9-16(10-12-18)20-14-24-15-21(17-6-2-1-3-7-17)25-13-5-4-8-19(20)22(24)25/h1-3,6-7,9-12,14-15H,4-5,8,13H2. The lowest BCUT2D eigenvalue weighted by Crippen LogP contribution is -1.98. The number of hydrogen-bond donors (Lipinski definition) is 0. The molecule has 0 spiro atoms. The van der Waals surface area contributed by atoms with E-state index in [2.05, 4.69) is 91.9 Å². The second-order valence-corrected chi connectivity index (χ2v) is 7.66. The Kier molecular flexibility index (Phi) is 3.56. The molecule has 2 nitrogen and oxygen atoms in total. The van der Waals surface area contributed by atoms with Crippen molar-refractivity contribution in [3.8, 4) is 22.4 Å². The monoisotopic (exact) mass is 390 g/mol. The lowest BCUT2D eigenvalue weighted by molar-refractivity contribution is 0.647. The molecular weight excluding hydrogens is 372 g/mol. The fraction of sp³-hybridized carbons (Fsp3) is 0.182. The Hall–Kier alpha value is -2.26. The molecule has 0 N–H and O–H groups in total. The number of aryl methyl sites for hydroxylation is 2. The molecule has 2 aromatic heterocycles. The van der Waals surface area contributed by atoms with Crippen LogP contribution in [0.2, 0.25) is 0 Å². The first-order chi connectivity index (χ1) is 12.3. The second-order valence-electron chi connectivity index (χ2n) is 6.75. The summed E-state index contributed by atoms with van der Waals surface area (Å²) in [4.78, 5) is 0. The fourth-order valence-electron chi connectivity index (χ4n) is 4.03. The molecule has 0 unspecified atom stereocenters. The van der Waals surface area contributed by atoms with Crippen LogP contribution in [0.25, 0.3) is 28.0 Å². The van der Waals surface area contributed by atoms with Crippen molar-refractivity contribution >= 4 is 21.6 Å². The summed E-state index contributed by atoms with van der Waals surface area (Å²) in [5.74, 6) is 0. The average molecular weight is 391 g/mol. The van der Waals surface area contributed by atoms with Gasteiger partial charge in [0.1, 0.15) is 5.65 Å². The van der Waals surface area contributed by atoms with Gasteiger partial charge in [0.15, 0.2) is 0 Å². The minimum absolute atomic E-state index is 1.09. The van der Waals surface area contributed by atoms with Gasteiger partial charge in [-0.05, 0) is 42.5 Å². The Morgan fingerprint density at radius 3 is 2.40 bits per heavy atom. The van der Waals surface area contributed by atoms with Crippen LogP contribution < -0.4 is 0 Å². The van der Waals surface area contributed by atoms with Crippen LogP contribution in [0.15, 0.2) is 71.5 Å². The van der Waals surface area contributed by atoms with Crippen LogP contribution in [-0.4, -0.2) is 8.97 Å². The van der Waals surface area contributed by atoms with E-state index in [0.717, 1.165) is 17.4 Å². The zero-order valence-electron chi connectivity index (χ0n) is 14.0. The lowest BCUT2D eigenvalue weighted by atomic mass is 10.0. The summed E-state index contributed by atoms with van der Waals surface area (Å²) in [6.07, 6.45) is 8.24. The molecular formula is C22H19BrN2. The Labute approximate surface area is 155 Å². The molecule has 0 fully saturated rings. The van der Waals surface area contributed by atoms with E-state index in [-0.39, 0.29) is 0 Å². The molecule has 0 saturated carbocycles. The van der Waals surface area contributed by atoms with Gasteiger partial charge in [-0.2, -0.15) is 0 Å². The van der Waals surface area contributed by atoms with E-state index in [1.54, 1.807) is 0 Å². The van der Waals surface area contributed by atoms with Crippen LogP contribution in [0.3, 0.4) is 0 Å². The van der Waals surface area contributed by atoms with Crippen LogP contribution in [-0.2, 0) is 13.0 Å². The molecule has 124 valence electrons. The average Bonchev–Trinajstić information content (AvgIpc) is 3.08. The van der Waals surface area contributed by atoms with Crippen molar-refractivity contribution in [1.29, 1.82) is 0 Å². The van der Waals surface area contributed by atoms with E-state index in [1.165, 1.54) is 46.4 Å². The molecule has 0 atom stereocenters. The number of aromatic nitrogens is 2. The Balaban J connectivity index is 1.74.